The fourth-order valence-corrected chi connectivity index (χ4v) is 3.11. The second-order valence-corrected chi connectivity index (χ2v) is 6.73. The Bertz CT molecular complexity index is 925. The van der Waals surface area contributed by atoms with Crippen molar-refractivity contribution in [2.75, 3.05) is 5.32 Å². The van der Waals surface area contributed by atoms with Crippen molar-refractivity contribution in [2.24, 2.45) is 0 Å². The summed E-state index contributed by atoms with van der Waals surface area (Å²) in [6.07, 6.45) is 1.43. The van der Waals surface area contributed by atoms with Crippen LogP contribution in [0.1, 0.15) is 6.92 Å². The number of thioether (sulfide) groups is 1. The molecule has 0 unspecified atom stereocenters. The molecule has 0 fully saturated rings. The lowest BCUT2D eigenvalue weighted by Crippen LogP contribution is -2.23. The normalized spacial score (nSPS) is 11.7. The highest BCUT2D eigenvalue weighted by Crippen LogP contribution is 2.28. The summed E-state index contributed by atoms with van der Waals surface area (Å²) in [7, 11) is 0. The van der Waals surface area contributed by atoms with Crippen molar-refractivity contribution >= 4 is 23.4 Å². The number of benzene rings is 2. The van der Waals surface area contributed by atoms with Gasteiger partial charge in [0, 0.05) is 23.5 Å². The Balaban J connectivity index is 1.76. The fourth-order valence-electron chi connectivity index (χ4n) is 2.33. The number of nitrogens with one attached hydrogen (secondary N) is 2. The van der Waals surface area contributed by atoms with E-state index in [-0.39, 0.29) is 11.5 Å². The third kappa shape index (κ3) is 4.36. The Morgan fingerprint density at radius 1 is 1.08 bits per heavy atom. The van der Waals surface area contributed by atoms with E-state index in [1.807, 2.05) is 54.6 Å². The van der Waals surface area contributed by atoms with E-state index in [9.17, 15) is 9.59 Å². The van der Waals surface area contributed by atoms with Crippen molar-refractivity contribution in [2.45, 2.75) is 17.3 Å². The molecule has 2 N–H and O–H groups in total. The molecule has 1 heterocycles. The Labute approximate surface area is 149 Å². The summed E-state index contributed by atoms with van der Waals surface area (Å²) in [6, 6.07) is 18.9. The maximum atomic E-state index is 12.5. The van der Waals surface area contributed by atoms with E-state index in [0.717, 1.165) is 16.8 Å². The number of amides is 1. The highest BCUT2D eigenvalue weighted by Gasteiger charge is 2.17. The molecule has 1 atom stereocenters. The first-order valence-corrected chi connectivity index (χ1v) is 8.69. The number of para-hydroxylation sites is 1. The Morgan fingerprint density at radius 2 is 1.80 bits per heavy atom. The number of aromatic nitrogens is 2. The van der Waals surface area contributed by atoms with Gasteiger partial charge >= 0.3 is 0 Å². The molecular weight excluding hydrogens is 334 g/mol. The number of anilines is 1. The van der Waals surface area contributed by atoms with Gasteiger partial charge in [0.15, 0.2) is 5.16 Å². The lowest BCUT2D eigenvalue weighted by molar-refractivity contribution is -0.115. The molecule has 0 aliphatic carbocycles. The summed E-state index contributed by atoms with van der Waals surface area (Å²) < 4.78 is 0. The maximum absolute atomic E-state index is 12.5. The van der Waals surface area contributed by atoms with Crippen LogP contribution in [0.4, 0.5) is 5.69 Å². The largest absolute Gasteiger partial charge is 0.325 e. The highest BCUT2D eigenvalue weighted by molar-refractivity contribution is 8.00. The third-order valence-corrected chi connectivity index (χ3v) is 4.57. The van der Waals surface area contributed by atoms with Gasteiger partial charge in [0.1, 0.15) is 0 Å². The number of aromatic amines is 1. The van der Waals surface area contributed by atoms with Gasteiger partial charge in [-0.15, -0.1) is 0 Å². The number of carbonyl (C=O) groups is 1. The minimum absolute atomic E-state index is 0.153. The molecule has 3 rings (SSSR count). The number of H-pyrrole nitrogens is 1. The van der Waals surface area contributed by atoms with Gasteiger partial charge in [-0.2, -0.15) is 0 Å². The van der Waals surface area contributed by atoms with E-state index in [2.05, 4.69) is 15.3 Å². The van der Waals surface area contributed by atoms with Crippen LogP contribution in [-0.4, -0.2) is 21.1 Å². The van der Waals surface area contributed by atoms with Crippen LogP contribution >= 0.6 is 11.8 Å². The summed E-state index contributed by atoms with van der Waals surface area (Å²) in [4.78, 5) is 30.5. The Morgan fingerprint density at radius 3 is 2.56 bits per heavy atom. The van der Waals surface area contributed by atoms with Crippen LogP contribution in [0.15, 0.2) is 76.8 Å². The Kier molecular flexibility index (Phi) is 5.30. The van der Waals surface area contributed by atoms with Gasteiger partial charge in [0.25, 0.3) is 5.56 Å². The van der Waals surface area contributed by atoms with Gasteiger partial charge in [-0.1, -0.05) is 60.3 Å². The van der Waals surface area contributed by atoms with Crippen molar-refractivity contribution in [1.82, 2.24) is 9.97 Å². The van der Waals surface area contributed by atoms with Crippen molar-refractivity contribution < 1.29 is 4.79 Å². The molecule has 0 aliphatic rings. The van der Waals surface area contributed by atoms with Crippen LogP contribution in [-0.2, 0) is 4.79 Å². The second-order valence-electron chi connectivity index (χ2n) is 5.40. The van der Waals surface area contributed by atoms with Gasteiger partial charge in [-0.05, 0) is 18.6 Å². The number of carbonyl (C=O) groups excluding carboxylic acids is 1. The molecule has 0 spiro atoms. The molecule has 126 valence electrons. The zero-order chi connectivity index (χ0) is 17.6. The topological polar surface area (TPSA) is 74.8 Å². The first-order chi connectivity index (χ1) is 12.1. The average Bonchev–Trinajstić information content (AvgIpc) is 2.63. The van der Waals surface area contributed by atoms with E-state index < -0.39 is 5.25 Å². The van der Waals surface area contributed by atoms with E-state index >= 15 is 0 Å². The minimum Gasteiger partial charge on any atom is -0.325 e. The number of hydrogen-bond acceptors (Lipinski definition) is 4. The standard InChI is InChI=1S/C19H17N3O2S/c1-13(25-19-20-12-11-17(23)22-19)18(24)21-16-10-6-5-9-15(16)14-7-3-2-4-8-14/h2-13H,1H3,(H,21,24)(H,20,22,23)/t13-/m0/s1. The predicted molar refractivity (Wildman–Crippen MR) is 101 cm³/mol. The van der Waals surface area contributed by atoms with Crippen LogP contribution < -0.4 is 10.9 Å². The summed E-state index contributed by atoms with van der Waals surface area (Å²) in [5.74, 6) is -0.153. The zero-order valence-electron chi connectivity index (χ0n) is 13.6. The first-order valence-electron chi connectivity index (χ1n) is 7.81. The SMILES string of the molecule is C[C@H](Sc1nccc(=O)[nH]1)C(=O)Nc1ccccc1-c1ccccc1. The molecule has 0 saturated heterocycles. The smallest absolute Gasteiger partial charge is 0.251 e. The van der Waals surface area contributed by atoms with Crippen LogP contribution in [0.25, 0.3) is 11.1 Å². The first kappa shape index (κ1) is 17.0. The monoisotopic (exact) mass is 351 g/mol. The van der Waals surface area contributed by atoms with Crippen molar-refractivity contribution in [3.8, 4) is 11.1 Å². The van der Waals surface area contributed by atoms with Gasteiger partial charge in [-0.25, -0.2) is 4.98 Å². The lowest BCUT2D eigenvalue weighted by atomic mass is 10.0. The van der Waals surface area contributed by atoms with Gasteiger partial charge in [0.05, 0.1) is 5.25 Å². The number of nitrogens with zero attached hydrogens (tertiary/aromatic N) is 1. The number of rotatable bonds is 5. The lowest BCUT2D eigenvalue weighted by Gasteiger charge is -2.14. The molecule has 2 aromatic carbocycles. The molecular formula is C19H17N3O2S. The second kappa shape index (κ2) is 7.81. The quantitative estimate of drug-likeness (QED) is 0.544. The van der Waals surface area contributed by atoms with Crippen LogP contribution in [0, 0.1) is 0 Å². The molecule has 0 saturated carbocycles. The molecule has 6 heteroatoms. The molecule has 3 aromatic rings. The van der Waals surface area contributed by atoms with Crippen LogP contribution in [0.5, 0.6) is 0 Å². The van der Waals surface area contributed by atoms with Crippen molar-refractivity contribution in [3.05, 3.63) is 77.2 Å². The molecule has 0 radical (unpaired) electrons. The summed E-state index contributed by atoms with van der Waals surface area (Å²) in [5.41, 5.74) is 2.51. The molecule has 1 amide bonds. The van der Waals surface area contributed by atoms with Crippen molar-refractivity contribution in [3.63, 3.8) is 0 Å². The predicted octanol–water partition coefficient (Wildman–Crippen LogP) is 3.56. The van der Waals surface area contributed by atoms with Crippen molar-refractivity contribution in [1.29, 1.82) is 0 Å². The average molecular weight is 351 g/mol. The van der Waals surface area contributed by atoms with E-state index in [1.165, 1.54) is 24.0 Å². The molecule has 25 heavy (non-hydrogen) atoms. The van der Waals surface area contributed by atoms with E-state index in [0.29, 0.717) is 5.16 Å². The van der Waals surface area contributed by atoms with Gasteiger partial charge in [-0.3, -0.25) is 9.59 Å². The van der Waals surface area contributed by atoms with Crippen LogP contribution in [0.2, 0.25) is 0 Å². The van der Waals surface area contributed by atoms with Gasteiger partial charge < -0.3 is 10.3 Å². The molecule has 1 aromatic heterocycles. The molecule has 0 bridgehead atoms. The highest BCUT2D eigenvalue weighted by atomic mass is 32.2. The zero-order valence-corrected chi connectivity index (χ0v) is 14.4. The van der Waals surface area contributed by atoms with Gasteiger partial charge in [0.2, 0.25) is 5.91 Å². The summed E-state index contributed by atoms with van der Waals surface area (Å²) >= 11 is 1.21. The molecule has 5 nitrogen and oxygen atoms in total. The number of hydrogen-bond donors (Lipinski definition) is 2. The molecule has 0 aliphatic heterocycles. The van der Waals surface area contributed by atoms with E-state index in [1.54, 1.807) is 6.92 Å². The third-order valence-electron chi connectivity index (χ3n) is 3.58. The Hall–Kier alpha value is -2.86. The summed E-state index contributed by atoms with van der Waals surface area (Å²) in [6.45, 7) is 1.78. The maximum Gasteiger partial charge on any atom is 0.251 e. The minimum atomic E-state index is -0.408. The van der Waals surface area contributed by atoms with E-state index in [4.69, 9.17) is 0 Å². The fraction of sp³-hybridized carbons (Fsp3) is 0.105. The van der Waals surface area contributed by atoms with Crippen LogP contribution in [0.3, 0.4) is 0 Å². The summed E-state index contributed by atoms with van der Waals surface area (Å²) in [5, 5.41) is 2.98.